The van der Waals surface area contributed by atoms with Crippen molar-refractivity contribution in [3.63, 3.8) is 0 Å². The van der Waals surface area contributed by atoms with E-state index in [-0.39, 0.29) is 10.8 Å². The Bertz CT molecular complexity index is 569. The Labute approximate surface area is 115 Å². The average Bonchev–Trinajstić information content (AvgIpc) is 2.41. The normalized spacial score (nSPS) is 12.2. The van der Waals surface area contributed by atoms with Crippen LogP contribution in [0.2, 0.25) is 10.0 Å². The highest BCUT2D eigenvalue weighted by atomic mass is 35.5. The first-order valence-electron chi connectivity index (χ1n) is 5.40. The van der Waals surface area contributed by atoms with Gasteiger partial charge < -0.3 is 5.73 Å². The molecule has 2 aromatic rings. The van der Waals surface area contributed by atoms with Crippen LogP contribution < -0.4 is 5.73 Å². The van der Waals surface area contributed by atoms with Crippen molar-refractivity contribution in [2.24, 2.45) is 5.73 Å². The number of nitrogens with two attached hydrogens (primary N) is 1. The minimum Gasteiger partial charge on any atom is -0.318 e. The monoisotopic (exact) mass is 279 g/mol. The van der Waals surface area contributed by atoms with Gasteiger partial charge in [0.2, 0.25) is 0 Å². The second-order valence-electron chi connectivity index (χ2n) is 3.85. The molecule has 0 bridgehead atoms. The van der Waals surface area contributed by atoms with Gasteiger partial charge in [0, 0.05) is 5.56 Å². The van der Waals surface area contributed by atoms with Gasteiger partial charge in [0.05, 0.1) is 16.1 Å². The van der Waals surface area contributed by atoms with Crippen molar-refractivity contribution in [2.75, 3.05) is 0 Å². The smallest absolute Gasteiger partial charge is 0.185 e. The van der Waals surface area contributed by atoms with Gasteiger partial charge in [-0.25, -0.2) is 0 Å². The molecule has 2 aromatic carbocycles. The zero-order valence-electron chi connectivity index (χ0n) is 9.44. The standard InChI is InChI=1S/C14H11Cl2NO/c15-11-8-4-7-10(12(11)16)14(18)13(17)9-5-2-1-3-6-9/h1-8,13H,17H2/t13-/m1/s1. The molecule has 1 atom stereocenters. The fraction of sp³-hybridized carbons (Fsp3) is 0.0714. The summed E-state index contributed by atoms with van der Waals surface area (Å²) in [5.74, 6) is -0.242. The summed E-state index contributed by atoms with van der Waals surface area (Å²) < 4.78 is 0. The Morgan fingerprint density at radius 3 is 2.33 bits per heavy atom. The molecule has 4 heteroatoms. The zero-order chi connectivity index (χ0) is 13.1. The lowest BCUT2D eigenvalue weighted by Crippen LogP contribution is -2.21. The highest BCUT2D eigenvalue weighted by molar-refractivity contribution is 6.44. The maximum atomic E-state index is 12.3. The SMILES string of the molecule is N[C@@H](C(=O)c1cccc(Cl)c1Cl)c1ccccc1. The van der Waals surface area contributed by atoms with Crippen LogP contribution in [-0.4, -0.2) is 5.78 Å². The minimum atomic E-state index is -0.734. The van der Waals surface area contributed by atoms with Gasteiger partial charge in [-0.2, -0.15) is 0 Å². The first-order valence-corrected chi connectivity index (χ1v) is 6.15. The minimum absolute atomic E-state index is 0.242. The third-order valence-corrected chi connectivity index (χ3v) is 3.48. The van der Waals surface area contributed by atoms with Crippen LogP contribution in [0, 0.1) is 0 Å². The summed E-state index contributed by atoms with van der Waals surface area (Å²) in [7, 11) is 0. The van der Waals surface area contributed by atoms with Crippen molar-refractivity contribution in [2.45, 2.75) is 6.04 Å². The van der Waals surface area contributed by atoms with Gasteiger partial charge in [0.15, 0.2) is 5.78 Å². The molecule has 0 aliphatic carbocycles. The molecule has 0 saturated carbocycles. The number of hydrogen-bond acceptors (Lipinski definition) is 2. The third kappa shape index (κ3) is 2.56. The fourth-order valence-corrected chi connectivity index (χ4v) is 2.07. The van der Waals surface area contributed by atoms with Crippen molar-refractivity contribution < 1.29 is 4.79 Å². The molecule has 0 heterocycles. The highest BCUT2D eigenvalue weighted by Gasteiger charge is 2.20. The van der Waals surface area contributed by atoms with Crippen LogP contribution >= 0.6 is 23.2 Å². The number of carbonyl (C=O) groups excluding carboxylic acids is 1. The van der Waals surface area contributed by atoms with Crippen molar-refractivity contribution in [1.29, 1.82) is 0 Å². The van der Waals surface area contributed by atoms with E-state index in [2.05, 4.69) is 0 Å². The number of halogens is 2. The first-order chi connectivity index (χ1) is 8.61. The van der Waals surface area contributed by atoms with Gasteiger partial charge >= 0.3 is 0 Å². The summed E-state index contributed by atoms with van der Waals surface area (Å²) in [6.45, 7) is 0. The summed E-state index contributed by atoms with van der Waals surface area (Å²) in [5.41, 5.74) is 7.03. The van der Waals surface area contributed by atoms with Gasteiger partial charge in [0.1, 0.15) is 0 Å². The van der Waals surface area contributed by atoms with Crippen LogP contribution in [0.4, 0.5) is 0 Å². The molecular weight excluding hydrogens is 269 g/mol. The number of benzene rings is 2. The molecule has 0 aliphatic rings. The lowest BCUT2D eigenvalue weighted by atomic mass is 9.98. The lowest BCUT2D eigenvalue weighted by Gasteiger charge is -2.12. The van der Waals surface area contributed by atoms with E-state index in [1.165, 1.54) is 0 Å². The maximum Gasteiger partial charge on any atom is 0.185 e. The molecule has 0 saturated heterocycles. The van der Waals surface area contributed by atoms with Crippen LogP contribution in [0.5, 0.6) is 0 Å². The van der Waals surface area contributed by atoms with Gasteiger partial charge in [-0.05, 0) is 17.7 Å². The van der Waals surface area contributed by atoms with Crippen LogP contribution in [0.1, 0.15) is 22.0 Å². The zero-order valence-corrected chi connectivity index (χ0v) is 10.9. The Kier molecular flexibility index (Phi) is 4.02. The molecule has 92 valence electrons. The summed E-state index contributed by atoms with van der Waals surface area (Å²) in [6, 6.07) is 13.4. The Morgan fingerprint density at radius 1 is 1.00 bits per heavy atom. The predicted molar refractivity (Wildman–Crippen MR) is 74.2 cm³/mol. The summed E-state index contributed by atoms with van der Waals surface area (Å²) >= 11 is 11.9. The number of carbonyl (C=O) groups is 1. The van der Waals surface area contributed by atoms with Crippen molar-refractivity contribution in [1.82, 2.24) is 0 Å². The van der Waals surface area contributed by atoms with E-state index in [1.807, 2.05) is 18.2 Å². The quantitative estimate of drug-likeness (QED) is 0.867. The van der Waals surface area contributed by atoms with Crippen molar-refractivity contribution in [3.8, 4) is 0 Å². The molecule has 0 aromatic heterocycles. The number of Topliss-reactive ketones (excluding diaryl/α,β-unsaturated/α-hetero) is 1. The Morgan fingerprint density at radius 2 is 1.67 bits per heavy atom. The predicted octanol–water partition coefficient (Wildman–Crippen LogP) is 3.88. The number of ketones is 1. The highest BCUT2D eigenvalue weighted by Crippen LogP contribution is 2.28. The molecule has 0 aliphatic heterocycles. The molecule has 0 spiro atoms. The van der Waals surface area contributed by atoms with Gasteiger partial charge in [-0.1, -0.05) is 59.6 Å². The second-order valence-corrected chi connectivity index (χ2v) is 4.64. The average molecular weight is 280 g/mol. The first kappa shape index (κ1) is 13.1. The van der Waals surface area contributed by atoms with Crippen LogP contribution in [0.25, 0.3) is 0 Å². The number of hydrogen-bond donors (Lipinski definition) is 1. The van der Waals surface area contributed by atoms with E-state index in [4.69, 9.17) is 28.9 Å². The lowest BCUT2D eigenvalue weighted by molar-refractivity contribution is 0.0961. The molecule has 2 N–H and O–H groups in total. The molecule has 0 fully saturated rings. The molecule has 0 amide bonds. The van der Waals surface area contributed by atoms with E-state index in [9.17, 15) is 4.79 Å². The summed E-state index contributed by atoms with van der Waals surface area (Å²) in [5, 5.41) is 0.596. The molecular formula is C14H11Cl2NO. The molecule has 0 radical (unpaired) electrons. The Balaban J connectivity index is 2.35. The summed E-state index contributed by atoms with van der Waals surface area (Å²) in [6.07, 6.45) is 0. The van der Waals surface area contributed by atoms with E-state index >= 15 is 0 Å². The molecule has 2 nitrogen and oxygen atoms in total. The molecule has 0 unspecified atom stereocenters. The maximum absolute atomic E-state index is 12.3. The molecule has 2 rings (SSSR count). The van der Waals surface area contributed by atoms with Crippen molar-refractivity contribution in [3.05, 3.63) is 69.7 Å². The number of rotatable bonds is 3. The van der Waals surface area contributed by atoms with E-state index in [0.717, 1.165) is 5.56 Å². The van der Waals surface area contributed by atoms with Crippen LogP contribution in [0.3, 0.4) is 0 Å². The Hall–Kier alpha value is -1.35. The van der Waals surface area contributed by atoms with Crippen LogP contribution in [-0.2, 0) is 0 Å². The van der Waals surface area contributed by atoms with Crippen LogP contribution in [0.15, 0.2) is 48.5 Å². The summed E-state index contributed by atoms with van der Waals surface area (Å²) in [4.78, 5) is 12.3. The van der Waals surface area contributed by atoms with E-state index in [0.29, 0.717) is 10.6 Å². The van der Waals surface area contributed by atoms with Crippen molar-refractivity contribution >= 4 is 29.0 Å². The van der Waals surface area contributed by atoms with E-state index < -0.39 is 6.04 Å². The second kappa shape index (κ2) is 5.53. The van der Waals surface area contributed by atoms with Gasteiger partial charge in [-0.15, -0.1) is 0 Å². The topological polar surface area (TPSA) is 43.1 Å². The molecule has 18 heavy (non-hydrogen) atoms. The van der Waals surface area contributed by atoms with Gasteiger partial charge in [-0.3, -0.25) is 4.79 Å². The van der Waals surface area contributed by atoms with Gasteiger partial charge in [0.25, 0.3) is 0 Å². The fourth-order valence-electron chi connectivity index (χ4n) is 1.67. The third-order valence-electron chi connectivity index (χ3n) is 2.66. The largest absolute Gasteiger partial charge is 0.318 e. The van der Waals surface area contributed by atoms with E-state index in [1.54, 1.807) is 30.3 Å².